The molecule has 0 unspecified atom stereocenters. The highest BCUT2D eigenvalue weighted by Crippen LogP contribution is 2.18. The van der Waals surface area contributed by atoms with Crippen molar-refractivity contribution >= 4 is 17.3 Å². The molecule has 2 aromatic carbocycles. The first kappa shape index (κ1) is 14.3. The minimum absolute atomic E-state index is 0.114. The van der Waals surface area contributed by atoms with Gasteiger partial charge in [0.25, 0.3) is 5.91 Å². The Balaban J connectivity index is 1.98. The first-order valence-electron chi connectivity index (χ1n) is 6.07. The highest BCUT2D eigenvalue weighted by atomic mass is 19.1. The molecule has 106 valence electrons. The number of nitrogens with two attached hydrogens (primary N) is 1. The van der Waals surface area contributed by atoms with E-state index in [2.05, 4.69) is 5.32 Å². The van der Waals surface area contributed by atoms with Crippen LogP contribution in [0.2, 0.25) is 0 Å². The zero-order valence-electron chi connectivity index (χ0n) is 11.0. The average Bonchev–Trinajstić information content (AvgIpc) is 2.47. The number of nitrogens with one attached hydrogen (secondary N) is 1. The number of carbonyl (C=O) groups excluding carboxylic acids is 1. The summed E-state index contributed by atoms with van der Waals surface area (Å²) in [6, 6.07) is 12.3. The Hall–Kier alpha value is -3.07. The number of anilines is 2. The van der Waals surface area contributed by atoms with Gasteiger partial charge in [0.1, 0.15) is 23.2 Å². The third kappa shape index (κ3) is 3.70. The highest BCUT2D eigenvalue weighted by molar-refractivity contribution is 5.93. The fourth-order valence-corrected chi connectivity index (χ4v) is 1.64. The minimum Gasteiger partial charge on any atom is -0.484 e. The van der Waals surface area contributed by atoms with Crippen molar-refractivity contribution in [1.29, 1.82) is 5.26 Å². The quantitative estimate of drug-likeness (QED) is 0.844. The van der Waals surface area contributed by atoms with Crippen molar-refractivity contribution in [2.75, 3.05) is 17.7 Å². The van der Waals surface area contributed by atoms with E-state index in [0.717, 1.165) is 6.07 Å². The van der Waals surface area contributed by atoms with Crippen LogP contribution in [-0.4, -0.2) is 12.5 Å². The molecule has 0 heterocycles. The molecule has 21 heavy (non-hydrogen) atoms. The standard InChI is InChI=1S/C15H12FN3O2/c16-13-2-1-3-14(12(13)8-17)19-15(20)9-21-11-6-4-10(18)5-7-11/h1-7H,9,18H2,(H,19,20). The number of benzene rings is 2. The van der Waals surface area contributed by atoms with E-state index < -0.39 is 11.7 Å². The molecule has 0 spiro atoms. The van der Waals surface area contributed by atoms with Crippen LogP contribution in [0.25, 0.3) is 0 Å². The van der Waals surface area contributed by atoms with Crippen LogP contribution in [0.4, 0.5) is 15.8 Å². The van der Waals surface area contributed by atoms with E-state index in [4.69, 9.17) is 15.7 Å². The van der Waals surface area contributed by atoms with Gasteiger partial charge in [0, 0.05) is 5.69 Å². The number of nitrogens with zero attached hydrogens (tertiary/aromatic N) is 1. The van der Waals surface area contributed by atoms with Crippen molar-refractivity contribution in [3.8, 4) is 11.8 Å². The van der Waals surface area contributed by atoms with Crippen LogP contribution in [0.3, 0.4) is 0 Å². The Morgan fingerprint density at radius 2 is 2.00 bits per heavy atom. The number of ether oxygens (including phenoxy) is 1. The first-order chi connectivity index (χ1) is 10.1. The second kappa shape index (κ2) is 6.39. The number of nitrogen functional groups attached to an aromatic ring is 1. The topological polar surface area (TPSA) is 88.1 Å². The molecular formula is C15H12FN3O2. The summed E-state index contributed by atoms with van der Waals surface area (Å²) in [6.45, 7) is -0.259. The lowest BCUT2D eigenvalue weighted by molar-refractivity contribution is -0.118. The molecule has 0 aromatic heterocycles. The Morgan fingerprint density at radius 1 is 1.29 bits per heavy atom. The lowest BCUT2D eigenvalue weighted by atomic mass is 10.2. The van der Waals surface area contributed by atoms with E-state index in [1.807, 2.05) is 0 Å². The van der Waals surface area contributed by atoms with E-state index >= 15 is 0 Å². The molecule has 0 atom stereocenters. The molecule has 0 saturated heterocycles. The number of halogens is 1. The van der Waals surface area contributed by atoms with Gasteiger partial charge in [0.15, 0.2) is 6.61 Å². The summed E-state index contributed by atoms with van der Waals surface area (Å²) in [6.07, 6.45) is 0. The maximum atomic E-state index is 13.4. The van der Waals surface area contributed by atoms with Crippen molar-refractivity contribution in [2.45, 2.75) is 0 Å². The zero-order chi connectivity index (χ0) is 15.2. The molecule has 0 aliphatic heterocycles. The van der Waals surface area contributed by atoms with Crippen molar-refractivity contribution < 1.29 is 13.9 Å². The lowest BCUT2D eigenvalue weighted by Crippen LogP contribution is -2.20. The van der Waals surface area contributed by atoms with Gasteiger partial charge in [0.05, 0.1) is 5.69 Å². The third-order valence-corrected chi connectivity index (χ3v) is 2.65. The fourth-order valence-electron chi connectivity index (χ4n) is 1.64. The Labute approximate surface area is 120 Å². The van der Waals surface area contributed by atoms with Gasteiger partial charge in [-0.05, 0) is 36.4 Å². The van der Waals surface area contributed by atoms with Gasteiger partial charge in [-0.25, -0.2) is 4.39 Å². The van der Waals surface area contributed by atoms with E-state index in [9.17, 15) is 9.18 Å². The molecule has 3 N–H and O–H groups in total. The SMILES string of the molecule is N#Cc1c(F)cccc1NC(=O)COc1ccc(N)cc1. The summed E-state index contributed by atoms with van der Waals surface area (Å²) in [5.41, 5.74) is 6.02. The molecule has 0 radical (unpaired) electrons. The minimum atomic E-state index is -0.685. The number of hydrogen-bond acceptors (Lipinski definition) is 4. The van der Waals surface area contributed by atoms with Crippen LogP contribution in [-0.2, 0) is 4.79 Å². The highest BCUT2D eigenvalue weighted by Gasteiger charge is 2.11. The Kier molecular flexibility index (Phi) is 4.36. The van der Waals surface area contributed by atoms with E-state index in [1.54, 1.807) is 30.3 Å². The van der Waals surface area contributed by atoms with Crippen molar-refractivity contribution in [3.63, 3.8) is 0 Å². The van der Waals surface area contributed by atoms with Crippen LogP contribution in [0.5, 0.6) is 5.75 Å². The van der Waals surface area contributed by atoms with Gasteiger partial charge in [-0.1, -0.05) is 6.07 Å². The van der Waals surface area contributed by atoms with Gasteiger partial charge >= 0.3 is 0 Å². The zero-order valence-corrected chi connectivity index (χ0v) is 11.0. The average molecular weight is 285 g/mol. The number of carbonyl (C=O) groups is 1. The molecule has 6 heteroatoms. The van der Waals surface area contributed by atoms with Crippen molar-refractivity contribution in [2.24, 2.45) is 0 Å². The first-order valence-corrected chi connectivity index (χ1v) is 6.07. The molecule has 0 fully saturated rings. The van der Waals surface area contributed by atoms with Crippen LogP contribution in [0.1, 0.15) is 5.56 Å². The van der Waals surface area contributed by atoms with Gasteiger partial charge in [-0.15, -0.1) is 0 Å². The smallest absolute Gasteiger partial charge is 0.262 e. The molecule has 2 aromatic rings. The number of amides is 1. The fraction of sp³-hybridized carbons (Fsp3) is 0.0667. The normalized spacial score (nSPS) is 9.71. The largest absolute Gasteiger partial charge is 0.484 e. The summed E-state index contributed by atoms with van der Waals surface area (Å²) >= 11 is 0. The van der Waals surface area contributed by atoms with Gasteiger partial charge < -0.3 is 15.8 Å². The predicted molar refractivity (Wildman–Crippen MR) is 76.1 cm³/mol. The molecule has 0 aliphatic carbocycles. The maximum Gasteiger partial charge on any atom is 0.262 e. The summed E-state index contributed by atoms with van der Waals surface area (Å²) in [4.78, 5) is 11.7. The lowest BCUT2D eigenvalue weighted by Gasteiger charge is -2.09. The second-order valence-electron chi connectivity index (χ2n) is 4.18. The van der Waals surface area contributed by atoms with E-state index in [-0.39, 0.29) is 17.9 Å². The summed E-state index contributed by atoms with van der Waals surface area (Å²) in [7, 11) is 0. The molecule has 1 amide bonds. The molecule has 5 nitrogen and oxygen atoms in total. The van der Waals surface area contributed by atoms with Crippen LogP contribution in [0, 0.1) is 17.1 Å². The number of rotatable bonds is 4. The second-order valence-corrected chi connectivity index (χ2v) is 4.18. The van der Waals surface area contributed by atoms with Crippen molar-refractivity contribution in [1.82, 2.24) is 0 Å². The third-order valence-electron chi connectivity index (χ3n) is 2.65. The van der Waals surface area contributed by atoms with Gasteiger partial charge in [-0.2, -0.15) is 5.26 Å². The summed E-state index contributed by atoms with van der Waals surface area (Å²) in [5, 5.41) is 11.3. The van der Waals surface area contributed by atoms with E-state index in [0.29, 0.717) is 11.4 Å². The molecule has 0 saturated carbocycles. The van der Waals surface area contributed by atoms with Crippen molar-refractivity contribution in [3.05, 3.63) is 53.8 Å². The monoisotopic (exact) mass is 285 g/mol. The summed E-state index contributed by atoms with van der Waals surface area (Å²) in [5.74, 6) is -0.692. The Bertz CT molecular complexity index is 693. The van der Waals surface area contributed by atoms with Gasteiger partial charge in [0.2, 0.25) is 0 Å². The summed E-state index contributed by atoms with van der Waals surface area (Å²) < 4.78 is 18.6. The predicted octanol–water partition coefficient (Wildman–Crippen LogP) is 2.30. The van der Waals surface area contributed by atoms with E-state index in [1.165, 1.54) is 12.1 Å². The number of nitriles is 1. The maximum absolute atomic E-state index is 13.4. The van der Waals surface area contributed by atoms with Crippen LogP contribution in [0.15, 0.2) is 42.5 Å². The molecular weight excluding hydrogens is 273 g/mol. The Morgan fingerprint density at radius 3 is 2.67 bits per heavy atom. The molecule has 2 rings (SSSR count). The van der Waals surface area contributed by atoms with Crippen LogP contribution < -0.4 is 15.8 Å². The number of hydrogen-bond donors (Lipinski definition) is 2. The molecule has 0 aliphatic rings. The van der Waals surface area contributed by atoms with Gasteiger partial charge in [-0.3, -0.25) is 4.79 Å². The molecule has 0 bridgehead atoms. The van der Waals surface area contributed by atoms with Crippen LogP contribution >= 0.6 is 0 Å².